The Labute approximate surface area is 102 Å². The molecule has 0 amide bonds. The highest BCUT2D eigenvalue weighted by atomic mass is 15.7. The number of para-hydroxylation sites is 1. The molecule has 0 aromatic heterocycles. The first-order chi connectivity index (χ1) is 8.31. The molecule has 88 valence electrons. The summed E-state index contributed by atoms with van der Waals surface area (Å²) in [6.07, 6.45) is 7.04. The van der Waals surface area contributed by atoms with E-state index in [-0.39, 0.29) is 0 Å². The maximum Gasteiger partial charge on any atom is 0.0561 e. The molecule has 1 saturated carbocycles. The van der Waals surface area contributed by atoms with E-state index in [0.717, 1.165) is 11.6 Å². The molecule has 1 aromatic carbocycles. The van der Waals surface area contributed by atoms with E-state index < -0.39 is 0 Å². The Kier molecular flexibility index (Phi) is 2.52. The number of nitrogens with zero attached hydrogens (tertiary/aromatic N) is 1. The molecule has 3 heteroatoms. The average molecular weight is 227 g/mol. The van der Waals surface area contributed by atoms with Gasteiger partial charge in [0.1, 0.15) is 0 Å². The minimum absolute atomic E-state index is 0.770. The number of hydrogen-bond donors (Lipinski definition) is 2. The first-order valence-electron chi connectivity index (χ1n) is 6.09. The van der Waals surface area contributed by atoms with Crippen LogP contribution < -0.4 is 10.9 Å². The fourth-order valence-electron chi connectivity index (χ4n) is 2.04. The maximum absolute atomic E-state index is 3.33. The molecule has 2 aliphatic rings. The molecule has 1 heterocycles. The summed E-state index contributed by atoms with van der Waals surface area (Å²) in [5, 5.41) is 1.94. The molecule has 1 aromatic rings. The van der Waals surface area contributed by atoms with Gasteiger partial charge in [0.2, 0.25) is 0 Å². The highest BCUT2D eigenvalue weighted by Gasteiger charge is 2.26. The molecular formula is C14H17N3. The van der Waals surface area contributed by atoms with Crippen LogP contribution in [0.15, 0.2) is 53.9 Å². The van der Waals surface area contributed by atoms with Crippen molar-refractivity contribution in [2.24, 2.45) is 5.92 Å². The van der Waals surface area contributed by atoms with Gasteiger partial charge in [0.05, 0.1) is 5.69 Å². The van der Waals surface area contributed by atoms with Crippen LogP contribution in [0.25, 0.3) is 0 Å². The summed E-state index contributed by atoms with van der Waals surface area (Å²) in [6, 6.07) is 10.2. The minimum Gasteiger partial charge on any atom is -0.285 e. The van der Waals surface area contributed by atoms with Crippen LogP contribution in [-0.4, -0.2) is 5.12 Å². The maximum atomic E-state index is 3.33. The van der Waals surface area contributed by atoms with Crippen molar-refractivity contribution < 1.29 is 0 Å². The van der Waals surface area contributed by atoms with Gasteiger partial charge in [0.15, 0.2) is 0 Å². The predicted octanol–water partition coefficient (Wildman–Crippen LogP) is 3.03. The fraction of sp³-hybridized carbons (Fsp3) is 0.286. The zero-order chi connectivity index (χ0) is 11.7. The Balaban J connectivity index is 1.74. The van der Waals surface area contributed by atoms with Crippen LogP contribution in [0.1, 0.15) is 19.8 Å². The molecule has 0 spiro atoms. The summed E-state index contributed by atoms with van der Waals surface area (Å²) in [4.78, 5) is 0. The van der Waals surface area contributed by atoms with Gasteiger partial charge in [-0.15, -0.1) is 0 Å². The van der Waals surface area contributed by atoms with Crippen LogP contribution >= 0.6 is 0 Å². The quantitative estimate of drug-likeness (QED) is 0.831. The van der Waals surface area contributed by atoms with Crippen LogP contribution in [0.5, 0.6) is 0 Å². The summed E-state index contributed by atoms with van der Waals surface area (Å²) in [5.74, 6) is 0.770. The summed E-state index contributed by atoms with van der Waals surface area (Å²) in [5.41, 5.74) is 10.3. The summed E-state index contributed by atoms with van der Waals surface area (Å²) in [7, 11) is 0. The van der Waals surface area contributed by atoms with Crippen molar-refractivity contribution in [2.75, 3.05) is 5.43 Å². The molecule has 0 radical (unpaired) electrons. The number of rotatable bonds is 3. The molecular weight excluding hydrogens is 210 g/mol. The Hall–Kier alpha value is -1.90. The zero-order valence-corrected chi connectivity index (χ0v) is 9.98. The van der Waals surface area contributed by atoms with E-state index in [1.807, 2.05) is 23.3 Å². The monoisotopic (exact) mass is 227 g/mol. The first kappa shape index (κ1) is 10.3. The molecule has 1 aliphatic carbocycles. The van der Waals surface area contributed by atoms with E-state index in [9.17, 15) is 0 Å². The zero-order valence-electron chi connectivity index (χ0n) is 9.98. The number of anilines is 1. The van der Waals surface area contributed by atoms with Gasteiger partial charge in [0.25, 0.3) is 0 Å². The van der Waals surface area contributed by atoms with Gasteiger partial charge in [-0.3, -0.25) is 10.9 Å². The highest BCUT2D eigenvalue weighted by molar-refractivity contribution is 5.42. The molecule has 0 bridgehead atoms. The van der Waals surface area contributed by atoms with Gasteiger partial charge in [0, 0.05) is 11.9 Å². The normalized spacial score (nSPS) is 19.2. The molecule has 3 rings (SSSR count). The second kappa shape index (κ2) is 4.17. The van der Waals surface area contributed by atoms with Crippen molar-refractivity contribution in [3.05, 3.63) is 53.9 Å². The van der Waals surface area contributed by atoms with E-state index in [1.165, 1.54) is 24.1 Å². The lowest BCUT2D eigenvalue weighted by atomic mass is 10.1. The van der Waals surface area contributed by atoms with E-state index in [2.05, 4.69) is 42.2 Å². The average Bonchev–Trinajstić information content (AvgIpc) is 3.13. The van der Waals surface area contributed by atoms with Gasteiger partial charge in [-0.05, 0) is 49.5 Å². The topological polar surface area (TPSA) is 27.3 Å². The van der Waals surface area contributed by atoms with Crippen LogP contribution in [0.4, 0.5) is 5.69 Å². The summed E-state index contributed by atoms with van der Waals surface area (Å²) < 4.78 is 0. The van der Waals surface area contributed by atoms with Gasteiger partial charge < -0.3 is 0 Å². The molecule has 1 fully saturated rings. The lowest BCUT2D eigenvalue weighted by Gasteiger charge is -2.28. The fourth-order valence-corrected chi connectivity index (χ4v) is 2.04. The Bertz CT molecular complexity index is 458. The number of allylic oxidation sites excluding steroid dienone is 3. The lowest BCUT2D eigenvalue weighted by Crippen LogP contribution is -2.39. The lowest BCUT2D eigenvalue weighted by molar-refractivity contribution is 0.353. The molecule has 0 unspecified atom stereocenters. The first-order valence-corrected chi connectivity index (χ1v) is 6.09. The number of hydrazine groups is 2. The van der Waals surface area contributed by atoms with Crippen LogP contribution in [0.3, 0.4) is 0 Å². The van der Waals surface area contributed by atoms with Gasteiger partial charge in [-0.1, -0.05) is 18.2 Å². The van der Waals surface area contributed by atoms with E-state index in [0.29, 0.717) is 0 Å². The minimum atomic E-state index is 0.770. The van der Waals surface area contributed by atoms with Gasteiger partial charge in [-0.25, -0.2) is 5.12 Å². The molecule has 1 aliphatic heterocycles. The van der Waals surface area contributed by atoms with Gasteiger partial charge in [-0.2, -0.15) is 0 Å². The molecule has 0 saturated heterocycles. The SMILES string of the molecule is CC1=CC(C2CC2)=CN(Nc2ccccc2)N1. The third-order valence-electron chi connectivity index (χ3n) is 3.03. The van der Waals surface area contributed by atoms with Crippen molar-refractivity contribution in [3.63, 3.8) is 0 Å². The van der Waals surface area contributed by atoms with Crippen LogP contribution in [-0.2, 0) is 0 Å². The number of nitrogens with one attached hydrogen (secondary N) is 2. The summed E-state index contributed by atoms with van der Waals surface area (Å²) >= 11 is 0. The van der Waals surface area contributed by atoms with Crippen molar-refractivity contribution in [1.29, 1.82) is 0 Å². The predicted molar refractivity (Wildman–Crippen MR) is 69.6 cm³/mol. The van der Waals surface area contributed by atoms with Crippen molar-refractivity contribution in [3.8, 4) is 0 Å². The largest absolute Gasteiger partial charge is 0.285 e. The van der Waals surface area contributed by atoms with E-state index in [1.54, 1.807) is 0 Å². The Morgan fingerprint density at radius 3 is 2.71 bits per heavy atom. The van der Waals surface area contributed by atoms with E-state index >= 15 is 0 Å². The van der Waals surface area contributed by atoms with Crippen LogP contribution in [0.2, 0.25) is 0 Å². The number of hydrogen-bond acceptors (Lipinski definition) is 3. The van der Waals surface area contributed by atoms with Crippen molar-refractivity contribution >= 4 is 5.69 Å². The second-order valence-corrected chi connectivity index (χ2v) is 4.69. The van der Waals surface area contributed by atoms with Crippen molar-refractivity contribution in [1.82, 2.24) is 10.5 Å². The standard InChI is InChI=1S/C14H17N3/c1-11-9-13(12-7-8-12)10-17(15-11)16-14-5-3-2-4-6-14/h2-6,9-10,12,15-16H,7-8H2,1H3. The molecule has 2 N–H and O–H groups in total. The highest BCUT2D eigenvalue weighted by Crippen LogP contribution is 2.38. The second-order valence-electron chi connectivity index (χ2n) is 4.69. The Morgan fingerprint density at radius 2 is 2.00 bits per heavy atom. The van der Waals surface area contributed by atoms with Crippen molar-refractivity contribution in [2.45, 2.75) is 19.8 Å². The molecule has 3 nitrogen and oxygen atoms in total. The summed E-state index contributed by atoms with van der Waals surface area (Å²) in [6.45, 7) is 2.09. The van der Waals surface area contributed by atoms with E-state index in [4.69, 9.17) is 0 Å². The smallest absolute Gasteiger partial charge is 0.0561 e. The Morgan fingerprint density at radius 1 is 1.24 bits per heavy atom. The third-order valence-corrected chi connectivity index (χ3v) is 3.03. The molecule has 0 atom stereocenters. The number of benzene rings is 1. The third kappa shape index (κ3) is 2.44. The van der Waals surface area contributed by atoms with Crippen LogP contribution in [0, 0.1) is 5.92 Å². The molecule has 17 heavy (non-hydrogen) atoms. The van der Waals surface area contributed by atoms with Gasteiger partial charge >= 0.3 is 0 Å².